The Morgan fingerprint density at radius 2 is 2.00 bits per heavy atom. The number of carbonyl (C=O) groups is 1. The van der Waals surface area contributed by atoms with E-state index in [0.717, 1.165) is 18.9 Å². The molecule has 0 aliphatic heterocycles. The van der Waals surface area contributed by atoms with Gasteiger partial charge in [0.1, 0.15) is 0 Å². The van der Waals surface area contributed by atoms with Gasteiger partial charge in [-0.05, 0) is 6.08 Å². The van der Waals surface area contributed by atoms with E-state index in [1.54, 1.807) is 0 Å². The van der Waals surface area contributed by atoms with E-state index < -0.39 is 5.97 Å². The molecule has 3 nitrogen and oxygen atoms in total. The summed E-state index contributed by atoms with van der Waals surface area (Å²) in [6.07, 6.45) is 2.59. The Bertz CT molecular complexity index is 91.7. The van der Waals surface area contributed by atoms with Gasteiger partial charge in [-0.15, -0.1) is 6.61 Å². The van der Waals surface area contributed by atoms with Crippen LogP contribution in [0.3, 0.4) is 0 Å². The van der Waals surface area contributed by atoms with Crippen LogP contribution >= 0.6 is 0 Å². The quantitative estimate of drug-likeness (QED) is 0.404. The average molecular weight is 184 g/mol. The Morgan fingerprint density at radius 1 is 1.64 bits per heavy atom. The van der Waals surface area contributed by atoms with Crippen molar-refractivity contribution in [2.24, 2.45) is 0 Å². The monoisotopic (exact) mass is 184 g/mol. The van der Waals surface area contributed by atoms with E-state index in [9.17, 15) is 5.11 Å². The second-order valence-electron chi connectivity index (χ2n) is 1.58. The van der Waals surface area contributed by atoms with Gasteiger partial charge in [-0.1, -0.05) is 26.3 Å². The topological polar surface area (TPSA) is 63.2 Å². The Hall–Kier alpha value is 0.430. The van der Waals surface area contributed by atoms with Crippen molar-refractivity contribution in [3.8, 4) is 0 Å². The largest absolute Gasteiger partial charge is 2.00 e. The van der Waals surface area contributed by atoms with Crippen LogP contribution in [0.2, 0.25) is 0 Å². The Kier molecular flexibility index (Phi) is 26.7. The van der Waals surface area contributed by atoms with Gasteiger partial charge in [-0.25, -0.2) is 0 Å². The average Bonchev–Trinajstić information content (AvgIpc) is 1.91. The smallest absolute Gasteiger partial charge is 0.854 e. The third kappa shape index (κ3) is 37.8. The van der Waals surface area contributed by atoms with Gasteiger partial charge in [0.05, 0.1) is 5.97 Å². The van der Waals surface area contributed by atoms with Crippen molar-refractivity contribution in [1.29, 1.82) is 0 Å². The van der Waals surface area contributed by atoms with Gasteiger partial charge in [-0.3, -0.25) is 0 Å². The molecule has 0 bridgehead atoms. The van der Waals surface area contributed by atoms with Crippen molar-refractivity contribution in [1.82, 2.24) is 0 Å². The van der Waals surface area contributed by atoms with Crippen molar-refractivity contribution in [3.05, 3.63) is 12.7 Å². The molecule has 0 aromatic rings. The van der Waals surface area contributed by atoms with Crippen LogP contribution < -0.4 is 10.2 Å². The minimum absolute atomic E-state index is 0. The maximum atomic E-state index is 9.53. The predicted molar refractivity (Wildman–Crippen MR) is 40.7 cm³/mol. The molecule has 0 aromatic heterocycles. The number of carboxylic acids is 1. The molecule has 0 saturated carbocycles. The molecule has 0 radical (unpaired) electrons. The predicted octanol–water partition coefficient (Wildman–Crippen LogP) is -1.31. The van der Waals surface area contributed by atoms with E-state index in [1.807, 2.05) is 6.92 Å². The van der Waals surface area contributed by atoms with Crippen molar-refractivity contribution in [2.75, 3.05) is 6.61 Å². The zero-order valence-corrected chi connectivity index (χ0v) is 9.05. The standard InChI is InChI=1S/C4H9O.C3H4O2.Ca/c1-2-3-4-5;1-2-3(4)5;/h2-4H2,1H3;2H,1H2,(H,4,5);/q-1;;+2/p-1. The SMILES string of the molecule is C=CC(=O)[O-].CCCC[O-].[Ca+2]. The van der Waals surface area contributed by atoms with Gasteiger partial charge in [0.2, 0.25) is 0 Å². The molecule has 0 unspecified atom stereocenters. The fourth-order valence-corrected chi connectivity index (χ4v) is 0.144. The molecule has 0 aromatic carbocycles. The number of carbonyl (C=O) groups excluding carboxylic acids is 1. The number of carboxylic acid groups (broad SMARTS) is 1. The molecule has 11 heavy (non-hydrogen) atoms. The molecule has 0 aliphatic carbocycles. The first-order valence-corrected chi connectivity index (χ1v) is 3.10. The summed E-state index contributed by atoms with van der Waals surface area (Å²) in [5.41, 5.74) is 0. The summed E-state index contributed by atoms with van der Waals surface area (Å²) in [6.45, 7) is 5.00. The fraction of sp³-hybridized carbons (Fsp3) is 0.571. The number of unbranched alkanes of at least 4 members (excludes halogenated alkanes) is 1. The van der Waals surface area contributed by atoms with Gasteiger partial charge in [-0.2, -0.15) is 0 Å². The number of rotatable bonds is 3. The molecule has 0 atom stereocenters. The van der Waals surface area contributed by atoms with Crippen molar-refractivity contribution in [2.45, 2.75) is 19.8 Å². The van der Waals surface area contributed by atoms with Crippen LogP contribution in [-0.4, -0.2) is 50.3 Å². The molecule has 0 spiro atoms. The third-order valence-corrected chi connectivity index (χ3v) is 0.665. The normalized spacial score (nSPS) is 6.73. The second kappa shape index (κ2) is 16.8. The van der Waals surface area contributed by atoms with Crippen molar-refractivity contribution >= 4 is 43.7 Å². The number of hydrogen-bond donors (Lipinski definition) is 0. The van der Waals surface area contributed by atoms with E-state index in [0.29, 0.717) is 0 Å². The molecule has 60 valence electrons. The van der Waals surface area contributed by atoms with Crippen LogP contribution in [-0.2, 0) is 4.79 Å². The Labute approximate surface area is 97.1 Å². The van der Waals surface area contributed by atoms with Crippen LogP contribution in [0.25, 0.3) is 0 Å². The Morgan fingerprint density at radius 3 is 2.00 bits per heavy atom. The molecular weight excluding hydrogens is 172 g/mol. The van der Waals surface area contributed by atoms with Gasteiger partial charge in [0.25, 0.3) is 0 Å². The van der Waals surface area contributed by atoms with Crippen molar-refractivity contribution < 1.29 is 15.0 Å². The molecule has 0 heterocycles. The van der Waals surface area contributed by atoms with E-state index >= 15 is 0 Å². The maximum absolute atomic E-state index is 9.53. The third-order valence-electron chi connectivity index (χ3n) is 0.665. The summed E-state index contributed by atoms with van der Waals surface area (Å²) in [7, 11) is 0. The molecule has 4 heteroatoms. The summed E-state index contributed by atoms with van der Waals surface area (Å²) in [4.78, 5) is 9.14. The minimum Gasteiger partial charge on any atom is -0.854 e. The zero-order valence-electron chi connectivity index (χ0n) is 6.84. The van der Waals surface area contributed by atoms with Crippen LogP contribution in [0.1, 0.15) is 19.8 Å². The molecule has 0 N–H and O–H groups in total. The molecule has 0 aliphatic rings. The molecule has 0 rings (SSSR count). The molecule has 0 amide bonds. The summed E-state index contributed by atoms with van der Waals surface area (Å²) in [6, 6.07) is 0. The van der Waals surface area contributed by atoms with Gasteiger partial charge >= 0.3 is 37.7 Å². The minimum atomic E-state index is -1.23. The van der Waals surface area contributed by atoms with Crippen LogP contribution in [0.5, 0.6) is 0 Å². The first-order chi connectivity index (χ1) is 4.68. The maximum Gasteiger partial charge on any atom is 2.00 e. The van der Waals surface area contributed by atoms with E-state index in [4.69, 9.17) is 9.90 Å². The van der Waals surface area contributed by atoms with E-state index in [-0.39, 0.29) is 44.3 Å². The fourth-order valence-electron chi connectivity index (χ4n) is 0.144. The van der Waals surface area contributed by atoms with Gasteiger partial charge in [0.15, 0.2) is 0 Å². The summed E-state index contributed by atoms with van der Waals surface area (Å²) in [5.74, 6) is -1.23. The van der Waals surface area contributed by atoms with Crippen LogP contribution in [0.4, 0.5) is 0 Å². The van der Waals surface area contributed by atoms with Crippen LogP contribution in [0, 0.1) is 0 Å². The zero-order chi connectivity index (χ0) is 8.41. The van der Waals surface area contributed by atoms with Crippen LogP contribution in [0.15, 0.2) is 12.7 Å². The Balaban J connectivity index is -0.000000107. The number of aliphatic carboxylic acids is 1. The van der Waals surface area contributed by atoms with Gasteiger partial charge in [0, 0.05) is 0 Å². The van der Waals surface area contributed by atoms with E-state index in [2.05, 4.69) is 6.58 Å². The summed E-state index contributed by atoms with van der Waals surface area (Å²) >= 11 is 0. The molecule has 0 fully saturated rings. The molecule has 0 saturated heterocycles. The van der Waals surface area contributed by atoms with Gasteiger partial charge < -0.3 is 15.0 Å². The first-order valence-electron chi connectivity index (χ1n) is 3.10. The number of hydrogen-bond acceptors (Lipinski definition) is 3. The first kappa shape index (κ1) is 17.5. The van der Waals surface area contributed by atoms with E-state index in [1.165, 1.54) is 0 Å². The summed E-state index contributed by atoms with van der Waals surface area (Å²) in [5, 5.41) is 18.7. The van der Waals surface area contributed by atoms with Crippen molar-refractivity contribution in [3.63, 3.8) is 0 Å². The second-order valence-corrected chi connectivity index (χ2v) is 1.58. The summed E-state index contributed by atoms with van der Waals surface area (Å²) < 4.78 is 0. The molecular formula is C7H12CaO3.